The molecule has 0 aromatic heterocycles. The Hall–Kier alpha value is -1.46. The highest BCUT2D eigenvalue weighted by molar-refractivity contribution is 9.10. The van der Waals surface area contributed by atoms with Crippen molar-refractivity contribution in [3.8, 4) is 5.75 Å². The summed E-state index contributed by atoms with van der Waals surface area (Å²) in [4.78, 5) is 0. The lowest BCUT2D eigenvalue weighted by molar-refractivity contribution is 0.298. The van der Waals surface area contributed by atoms with Gasteiger partial charge in [-0.2, -0.15) is 0 Å². The van der Waals surface area contributed by atoms with E-state index in [1.54, 1.807) is 31.2 Å². The maximum atomic E-state index is 13.7. The Kier molecular flexibility index (Phi) is 4.73. The fourth-order valence-corrected chi connectivity index (χ4v) is 2.19. The highest BCUT2D eigenvalue weighted by Crippen LogP contribution is 2.22. The van der Waals surface area contributed by atoms with Crippen molar-refractivity contribution in [2.75, 3.05) is 0 Å². The number of hydrogen-bond acceptors (Lipinski definition) is 2. The van der Waals surface area contributed by atoms with Gasteiger partial charge >= 0.3 is 0 Å². The lowest BCUT2D eigenvalue weighted by atomic mass is 10.1. The second-order valence-corrected chi connectivity index (χ2v) is 5.41. The zero-order chi connectivity index (χ0) is 14.7. The van der Waals surface area contributed by atoms with Gasteiger partial charge in [0.2, 0.25) is 0 Å². The van der Waals surface area contributed by atoms with Crippen molar-refractivity contribution < 1.29 is 13.5 Å². The van der Waals surface area contributed by atoms with Crippen LogP contribution in [0.5, 0.6) is 5.75 Å². The summed E-state index contributed by atoms with van der Waals surface area (Å²) in [5, 5.41) is 0. The SMILES string of the molecule is C[C@@H](N)c1ccc(OCc2cc(Br)ccc2F)cc1F. The van der Waals surface area contributed by atoms with Gasteiger partial charge in [-0.1, -0.05) is 22.0 Å². The molecule has 1 atom stereocenters. The zero-order valence-electron chi connectivity index (χ0n) is 10.9. The van der Waals surface area contributed by atoms with Crippen molar-refractivity contribution in [3.05, 3.63) is 63.6 Å². The predicted molar refractivity (Wildman–Crippen MR) is 77.4 cm³/mol. The first-order chi connectivity index (χ1) is 9.47. The molecule has 0 spiro atoms. The van der Waals surface area contributed by atoms with Crippen LogP contribution in [0, 0.1) is 11.6 Å². The van der Waals surface area contributed by atoms with Gasteiger partial charge in [0.1, 0.15) is 24.0 Å². The first-order valence-corrected chi connectivity index (χ1v) is 6.88. The minimum absolute atomic E-state index is 0.0300. The largest absolute Gasteiger partial charge is 0.489 e. The van der Waals surface area contributed by atoms with Gasteiger partial charge in [-0.05, 0) is 31.2 Å². The Morgan fingerprint density at radius 3 is 2.55 bits per heavy atom. The maximum absolute atomic E-state index is 13.7. The summed E-state index contributed by atoms with van der Waals surface area (Å²) >= 11 is 3.26. The molecule has 20 heavy (non-hydrogen) atoms. The zero-order valence-corrected chi connectivity index (χ0v) is 12.5. The van der Waals surface area contributed by atoms with Crippen LogP contribution in [0.4, 0.5) is 8.78 Å². The normalized spacial score (nSPS) is 12.2. The van der Waals surface area contributed by atoms with E-state index >= 15 is 0 Å². The van der Waals surface area contributed by atoms with Crippen LogP contribution in [0.1, 0.15) is 24.1 Å². The third-order valence-corrected chi connectivity index (χ3v) is 3.36. The van der Waals surface area contributed by atoms with E-state index in [9.17, 15) is 8.78 Å². The molecule has 2 aromatic rings. The molecule has 0 aliphatic rings. The van der Waals surface area contributed by atoms with E-state index in [-0.39, 0.29) is 18.5 Å². The van der Waals surface area contributed by atoms with Gasteiger partial charge < -0.3 is 10.5 Å². The average molecular weight is 342 g/mol. The smallest absolute Gasteiger partial charge is 0.131 e. The van der Waals surface area contributed by atoms with E-state index in [2.05, 4.69) is 15.9 Å². The van der Waals surface area contributed by atoms with Crippen LogP contribution in [0.2, 0.25) is 0 Å². The monoisotopic (exact) mass is 341 g/mol. The molecule has 106 valence electrons. The Balaban J connectivity index is 2.11. The van der Waals surface area contributed by atoms with E-state index in [1.165, 1.54) is 12.1 Å². The molecule has 5 heteroatoms. The van der Waals surface area contributed by atoms with Crippen LogP contribution >= 0.6 is 15.9 Å². The fraction of sp³-hybridized carbons (Fsp3) is 0.200. The predicted octanol–water partition coefficient (Wildman–Crippen LogP) is 4.33. The first-order valence-electron chi connectivity index (χ1n) is 6.09. The molecule has 0 bridgehead atoms. The molecular weight excluding hydrogens is 328 g/mol. The standard InChI is InChI=1S/C15H14BrF2NO/c1-9(19)13-4-3-12(7-15(13)18)20-8-10-6-11(16)2-5-14(10)17/h2-7,9H,8,19H2,1H3/t9-/m1/s1. The summed E-state index contributed by atoms with van der Waals surface area (Å²) < 4.78 is 33.4. The van der Waals surface area contributed by atoms with Gasteiger partial charge in [0.15, 0.2) is 0 Å². The van der Waals surface area contributed by atoms with E-state index in [0.717, 1.165) is 4.47 Å². The molecule has 2 nitrogen and oxygen atoms in total. The van der Waals surface area contributed by atoms with Crippen LogP contribution in [0.15, 0.2) is 40.9 Å². The molecule has 0 heterocycles. The second kappa shape index (κ2) is 6.33. The Morgan fingerprint density at radius 1 is 1.15 bits per heavy atom. The molecule has 2 aromatic carbocycles. The lowest BCUT2D eigenvalue weighted by Crippen LogP contribution is -2.07. The second-order valence-electron chi connectivity index (χ2n) is 4.50. The summed E-state index contributed by atoms with van der Waals surface area (Å²) in [6, 6.07) is 8.66. The lowest BCUT2D eigenvalue weighted by Gasteiger charge is -2.11. The maximum Gasteiger partial charge on any atom is 0.131 e. The number of benzene rings is 2. The fourth-order valence-electron chi connectivity index (χ4n) is 1.78. The van der Waals surface area contributed by atoms with Gasteiger partial charge in [-0.25, -0.2) is 8.78 Å². The number of ether oxygens (including phenoxy) is 1. The number of rotatable bonds is 4. The van der Waals surface area contributed by atoms with Crippen LogP contribution in [0.25, 0.3) is 0 Å². The molecule has 0 fully saturated rings. The van der Waals surface area contributed by atoms with Gasteiger partial charge in [0.25, 0.3) is 0 Å². The van der Waals surface area contributed by atoms with Crippen molar-refractivity contribution >= 4 is 15.9 Å². The summed E-state index contributed by atoms with van der Waals surface area (Å²) in [6.45, 7) is 1.73. The van der Waals surface area contributed by atoms with Crippen LogP contribution < -0.4 is 10.5 Å². The molecule has 0 aliphatic carbocycles. The van der Waals surface area contributed by atoms with E-state index in [4.69, 9.17) is 10.5 Å². The molecule has 2 rings (SSSR count). The Bertz CT molecular complexity index is 617. The summed E-state index contributed by atoms with van der Waals surface area (Å²) in [5.41, 5.74) is 6.45. The van der Waals surface area contributed by atoms with Crippen LogP contribution in [-0.2, 0) is 6.61 Å². The summed E-state index contributed by atoms with van der Waals surface area (Å²) in [7, 11) is 0. The van der Waals surface area contributed by atoms with Crippen molar-refractivity contribution in [2.45, 2.75) is 19.6 Å². The average Bonchev–Trinajstić information content (AvgIpc) is 2.39. The van der Waals surface area contributed by atoms with Crippen LogP contribution in [0.3, 0.4) is 0 Å². The van der Waals surface area contributed by atoms with E-state index in [0.29, 0.717) is 16.9 Å². The van der Waals surface area contributed by atoms with E-state index in [1.807, 2.05) is 0 Å². The quantitative estimate of drug-likeness (QED) is 0.898. The highest BCUT2D eigenvalue weighted by Gasteiger charge is 2.09. The van der Waals surface area contributed by atoms with Crippen molar-refractivity contribution in [1.82, 2.24) is 0 Å². The van der Waals surface area contributed by atoms with Crippen molar-refractivity contribution in [1.29, 1.82) is 0 Å². The molecule has 0 saturated carbocycles. The molecule has 0 amide bonds. The summed E-state index contributed by atoms with van der Waals surface area (Å²) in [5.74, 6) is -0.445. The topological polar surface area (TPSA) is 35.2 Å². The molecule has 0 unspecified atom stereocenters. The highest BCUT2D eigenvalue weighted by atomic mass is 79.9. The Morgan fingerprint density at radius 2 is 1.90 bits per heavy atom. The minimum Gasteiger partial charge on any atom is -0.489 e. The van der Waals surface area contributed by atoms with Crippen molar-refractivity contribution in [2.24, 2.45) is 5.73 Å². The van der Waals surface area contributed by atoms with Gasteiger partial charge in [-0.3, -0.25) is 0 Å². The van der Waals surface area contributed by atoms with Crippen molar-refractivity contribution in [3.63, 3.8) is 0 Å². The van der Waals surface area contributed by atoms with Crippen LogP contribution in [-0.4, -0.2) is 0 Å². The third-order valence-electron chi connectivity index (χ3n) is 2.86. The summed E-state index contributed by atoms with van der Waals surface area (Å²) in [6.07, 6.45) is 0. The van der Waals surface area contributed by atoms with Gasteiger partial charge in [0.05, 0.1) is 0 Å². The number of nitrogens with two attached hydrogens (primary N) is 1. The van der Waals surface area contributed by atoms with Gasteiger partial charge in [0, 0.05) is 27.7 Å². The molecule has 2 N–H and O–H groups in total. The molecular formula is C15H14BrF2NO. The number of hydrogen-bond donors (Lipinski definition) is 1. The molecule has 0 radical (unpaired) electrons. The Labute approximate surface area is 124 Å². The molecule has 0 aliphatic heterocycles. The first kappa shape index (κ1) is 14.9. The minimum atomic E-state index is -0.424. The third kappa shape index (κ3) is 3.55. The van der Waals surface area contributed by atoms with Gasteiger partial charge in [-0.15, -0.1) is 0 Å². The molecule has 0 saturated heterocycles. The number of halogens is 3. The van der Waals surface area contributed by atoms with E-state index < -0.39 is 5.82 Å².